The molecular weight excluding hydrogens is 628 g/mol. The van der Waals surface area contributed by atoms with Gasteiger partial charge in [-0.1, -0.05) is 69.2 Å². The molecular formula is C38H42F4O6. The van der Waals surface area contributed by atoms with Crippen LogP contribution in [0.1, 0.15) is 73.6 Å². The minimum Gasteiger partial charge on any atom is -0.463 e. The van der Waals surface area contributed by atoms with E-state index in [0.29, 0.717) is 26.1 Å². The van der Waals surface area contributed by atoms with E-state index in [2.05, 4.69) is 13.2 Å². The van der Waals surface area contributed by atoms with Crippen LogP contribution in [0.3, 0.4) is 0 Å². The summed E-state index contributed by atoms with van der Waals surface area (Å²) in [5.74, 6) is -1.55. The van der Waals surface area contributed by atoms with Gasteiger partial charge in [0.15, 0.2) is 0 Å². The Morgan fingerprint density at radius 2 is 0.938 bits per heavy atom. The molecule has 0 aliphatic carbocycles. The van der Waals surface area contributed by atoms with E-state index >= 15 is 0 Å². The normalized spacial score (nSPS) is 11.4. The van der Waals surface area contributed by atoms with Gasteiger partial charge in [0.25, 0.3) is 0 Å². The number of benzene rings is 3. The number of esters is 2. The summed E-state index contributed by atoms with van der Waals surface area (Å²) in [5, 5.41) is 0. The first kappa shape index (κ1) is 37.9. The Morgan fingerprint density at radius 1 is 0.562 bits per heavy atom. The van der Waals surface area contributed by atoms with Crippen molar-refractivity contribution in [2.75, 3.05) is 13.2 Å². The van der Waals surface area contributed by atoms with Gasteiger partial charge in [-0.2, -0.15) is 17.6 Å². The van der Waals surface area contributed by atoms with E-state index < -0.39 is 24.2 Å². The summed E-state index contributed by atoms with van der Waals surface area (Å²) in [4.78, 5) is 22.1. The molecule has 258 valence electrons. The maximum absolute atomic E-state index is 15.0. The first-order valence-electron chi connectivity index (χ1n) is 16.0. The molecule has 0 spiro atoms. The molecule has 0 aliphatic rings. The van der Waals surface area contributed by atoms with Crippen LogP contribution in [0, 0.1) is 0 Å². The van der Waals surface area contributed by atoms with Gasteiger partial charge in [0.05, 0.1) is 24.3 Å². The van der Waals surface area contributed by atoms with Crippen molar-refractivity contribution in [1.82, 2.24) is 0 Å². The molecule has 6 nitrogen and oxygen atoms in total. The molecule has 0 aromatic heterocycles. The van der Waals surface area contributed by atoms with E-state index in [1.807, 2.05) is 0 Å². The average molecular weight is 671 g/mol. The molecule has 0 unspecified atom stereocenters. The highest BCUT2D eigenvalue weighted by Gasteiger charge is 2.36. The maximum atomic E-state index is 15.0. The van der Waals surface area contributed by atoms with Gasteiger partial charge < -0.3 is 18.9 Å². The number of carbonyl (C=O) groups is 2. The molecule has 10 heteroatoms. The fraction of sp³-hybridized carbons (Fsp3) is 0.368. The Morgan fingerprint density at radius 3 is 1.31 bits per heavy atom. The van der Waals surface area contributed by atoms with E-state index in [4.69, 9.17) is 18.9 Å². The third kappa shape index (κ3) is 13.3. The molecule has 0 bridgehead atoms. The number of hydrogen-bond acceptors (Lipinski definition) is 6. The van der Waals surface area contributed by atoms with E-state index in [1.54, 1.807) is 24.3 Å². The van der Waals surface area contributed by atoms with E-state index in [1.165, 1.54) is 42.5 Å². The SMILES string of the molecule is C=CC(=O)OCCCCCCc1ccc(C(F)(F)Oc2cccc(OC(F)(F)c3ccc(CCCCCCOC(=O)C=C)cc3)c2)cc1. The number of aryl methyl sites for hydroxylation is 2. The van der Waals surface area contributed by atoms with Crippen LogP contribution in [0.5, 0.6) is 11.5 Å². The zero-order chi connectivity index (χ0) is 34.8. The van der Waals surface area contributed by atoms with E-state index in [0.717, 1.165) is 80.7 Å². The first-order chi connectivity index (χ1) is 23.0. The van der Waals surface area contributed by atoms with Crippen molar-refractivity contribution in [2.24, 2.45) is 0 Å². The second kappa shape index (κ2) is 19.3. The molecule has 3 aromatic rings. The molecule has 0 amide bonds. The van der Waals surface area contributed by atoms with Gasteiger partial charge in [0.1, 0.15) is 11.5 Å². The zero-order valence-corrected chi connectivity index (χ0v) is 26.9. The van der Waals surface area contributed by atoms with Gasteiger partial charge in [0, 0.05) is 18.2 Å². The van der Waals surface area contributed by atoms with Gasteiger partial charge in [-0.15, -0.1) is 0 Å². The average Bonchev–Trinajstić information content (AvgIpc) is 3.07. The smallest absolute Gasteiger partial charge is 0.426 e. The Hall–Kier alpha value is -4.60. The Bertz CT molecular complexity index is 1350. The second-order valence-electron chi connectivity index (χ2n) is 11.2. The zero-order valence-electron chi connectivity index (χ0n) is 26.9. The number of carbonyl (C=O) groups excluding carboxylic acids is 2. The quantitative estimate of drug-likeness (QED) is 0.0459. The van der Waals surface area contributed by atoms with Gasteiger partial charge in [0.2, 0.25) is 0 Å². The fourth-order valence-corrected chi connectivity index (χ4v) is 4.78. The van der Waals surface area contributed by atoms with Crippen LogP contribution in [0.25, 0.3) is 0 Å². The third-order valence-electron chi connectivity index (χ3n) is 7.42. The molecule has 0 N–H and O–H groups in total. The first-order valence-corrected chi connectivity index (χ1v) is 16.0. The van der Waals surface area contributed by atoms with Crippen molar-refractivity contribution in [2.45, 2.75) is 76.4 Å². The number of halogens is 4. The van der Waals surface area contributed by atoms with Crippen LogP contribution in [0.4, 0.5) is 17.6 Å². The Balaban J connectivity index is 1.45. The number of rotatable bonds is 22. The molecule has 0 radical (unpaired) electrons. The Kier molecular flexibility index (Phi) is 15.2. The van der Waals surface area contributed by atoms with Gasteiger partial charge in [-0.05, 0) is 86.1 Å². The lowest BCUT2D eigenvalue weighted by atomic mass is 10.0. The van der Waals surface area contributed by atoms with Crippen LogP contribution < -0.4 is 9.47 Å². The predicted molar refractivity (Wildman–Crippen MR) is 175 cm³/mol. The molecule has 0 heterocycles. The summed E-state index contributed by atoms with van der Waals surface area (Å²) < 4.78 is 79.7. The molecule has 48 heavy (non-hydrogen) atoms. The van der Waals surface area contributed by atoms with Gasteiger partial charge >= 0.3 is 24.2 Å². The molecule has 3 aromatic carbocycles. The van der Waals surface area contributed by atoms with E-state index in [9.17, 15) is 27.2 Å². The number of hydrogen-bond donors (Lipinski definition) is 0. The van der Waals surface area contributed by atoms with Crippen molar-refractivity contribution in [3.8, 4) is 11.5 Å². The highest BCUT2D eigenvalue weighted by Crippen LogP contribution is 2.36. The largest absolute Gasteiger partial charge is 0.463 e. The molecule has 0 atom stereocenters. The number of ether oxygens (including phenoxy) is 4. The summed E-state index contributed by atoms with van der Waals surface area (Å²) in [6.07, 6.45) is 2.94. The van der Waals surface area contributed by atoms with Crippen molar-refractivity contribution in [1.29, 1.82) is 0 Å². The van der Waals surface area contributed by atoms with Crippen LogP contribution in [-0.4, -0.2) is 25.2 Å². The predicted octanol–water partition coefficient (Wildman–Crippen LogP) is 9.61. The van der Waals surface area contributed by atoms with Crippen LogP contribution in [-0.2, 0) is 44.1 Å². The minimum atomic E-state index is -3.71. The highest BCUT2D eigenvalue weighted by molar-refractivity contribution is 5.81. The molecule has 0 fully saturated rings. The monoisotopic (exact) mass is 670 g/mol. The summed E-state index contributed by atoms with van der Waals surface area (Å²) in [5.41, 5.74) is 1.03. The van der Waals surface area contributed by atoms with E-state index in [-0.39, 0.29) is 22.6 Å². The number of unbranched alkanes of at least 4 members (excludes halogenated alkanes) is 6. The minimum absolute atomic E-state index is 0.328. The lowest BCUT2D eigenvalue weighted by Gasteiger charge is -2.21. The van der Waals surface area contributed by atoms with Crippen molar-refractivity contribution >= 4 is 11.9 Å². The van der Waals surface area contributed by atoms with Crippen LogP contribution >= 0.6 is 0 Å². The Labute approximate surface area is 279 Å². The second-order valence-corrected chi connectivity index (χ2v) is 11.2. The van der Waals surface area contributed by atoms with Crippen LogP contribution in [0.15, 0.2) is 98.1 Å². The maximum Gasteiger partial charge on any atom is 0.426 e. The summed E-state index contributed by atoms with van der Waals surface area (Å²) in [7, 11) is 0. The van der Waals surface area contributed by atoms with Crippen molar-refractivity contribution in [3.05, 3.63) is 120 Å². The molecule has 0 saturated heterocycles. The number of alkyl halides is 4. The molecule has 0 saturated carbocycles. The summed E-state index contributed by atoms with van der Waals surface area (Å²) in [6, 6.07) is 16.4. The van der Waals surface area contributed by atoms with Crippen LogP contribution in [0.2, 0.25) is 0 Å². The topological polar surface area (TPSA) is 71.1 Å². The summed E-state index contributed by atoms with van der Waals surface area (Å²) in [6.45, 7) is 7.35. The molecule has 3 rings (SSSR count). The standard InChI is InChI=1S/C38H42F4O6/c1-3-35(43)45-26-11-7-5-9-14-29-18-22-31(23-19-29)37(39,40)47-33-16-13-17-34(28-33)48-38(41,42)32-24-20-30(21-25-32)15-10-6-8-12-27-46-36(44)4-2/h3-4,13,16-25,28H,1-2,5-12,14-15,26-27H2. The van der Waals surface area contributed by atoms with Crippen molar-refractivity contribution in [3.63, 3.8) is 0 Å². The van der Waals surface area contributed by atoms with Gasteiger partial charge in [-0.25, -0.2) is 9.59 Å². The lowest BCUT2D eigenvalue weighted by molar-refractivity contribution is -0.188. The molecule has 0 aliphatic heterocycles. The highest BCUT2D eigenvalue weighted by atomic mass is 19.3. The summed E-state index contributed by atoms with van der Waals surface area (Å²) >= 11 is 0. The van der Waals surface area contributed by atoms with Crippen molar-refractivity contribution < 1.29 is 46.1 Å². The fourth-order valence-electron chi connectivity index (χ4n) is 4.78. The lowest BCUT2D eigenvalue weighted by Crippen LogP contribution is -2.23. The third-order valence-corrected chi connectivity index (χ3v) is 7.42. The van der Waals surface area contributed by atoms with Gasteiger partial charge in [-0.3, -0.25) is 0 Å².